The monoisotopic (exact) mass is 204 g/mol. The van der Waals surface area contributed by atoms with Crippen molar-refractivity contribution in [3.8, 4) is 0 Å². The third kappa shape index (κ3) is 5.55. The third-order valence-electron chi connectivity index (χ3n) is 1.23. The van der Waals surface area contributed by atoms with Gasteiger partial charge in [0.25, 0.3) is 0 Å². The first-order valence-electron chi connectivity index (χ1n) is 3.00. The highest BCUT2D eigenvalue weighted by atomic mass is 35.9. The van der Waals surface area contributed by atoms with Crippen molar-refractivity contribution in [2.75, 3.05) is 0 Å². The van der Waals surface area contributed by atoms with Crippen LogP contribution < -0.4 is 0 Å². The Kier molecular flexibility index (Phi) is 4.27. The Labute approximate surface area is 70.9 Å². The van der Waals surface area contributed by atoms with Gasteiger partial charge in [0.1, 0.15) is 0 Å². The average molecular weight is 205 g/mol. The van der Waals surface area contributed by atoms with Gasteiger partial charge in [-0.1, -0.05) is 13.8 Å². The van der Waals surface area contributed by atoms with Crippen LogP contribution in [0.3, 0.4) is 0 Å². The molecule has 1 atom stereocenters. The van der Waals surface area contributed by atoms with Gasteiger partial charge in [0.05, 0.1) is 6.10 Å². The molecule has 0 aliphatic heterocycles. The van der Waals surface area contributed by atoms with E-state index in [4.69, 9.17) is 27.0 Å². The molecule has 0 aliphatic carbocycles. The third-order valence-corrected chi connectivity index (χ3v) is 2.28. The van der Waals surface area contributed by atoms with Gasteiger partial charge in [-0.05, 0) is 35.3 Å². The van der Waals surface area contributed by atoms with Crippen LogP contribution in [-0.4, -0.2) is 6.10 Å². The summed E-state index contributed by atoms with van der Waals surface area (Å²) in [5, 5.41) is 0. The summed E-state index contributed by atoms with van der Waals surface area (Å²) in [6, 6.07) is 0. The molecule has 2 nitrogen and oxygen atoms in total. The van der Waals surface area contributed by atoms with Gasteiger partial charge in [-0.25, -0.2) is 0 Å². The van der Waals surface area contributed by atoms with Crippen LogP contribution in [0, 0.1) is 5.92 Å². The minimum Gasteiger partial charge on any atom is -0.303 e. The van der Waals surface area contributed by atoms with E-state index in [-0.39, 0.29) is 12.0 Å². The first kappa shape index (κ1) is 10.8. The molecule has 0 radical (unpaired) electrons. The topological polar surface area (TPSA) is 26.3 Å². The summed E-state index contributed by atoms with van der Waals surface area (Å²) < 4.78 is 15.4. The van der Waals surface area contributed by atoms with Crippen molar-refractivity contribution in [1.82, 2.24) is 0 Å². The molecule has 0 heterocycles. The Morgan fingerprint density at radius 3 is 1.80 bits per heavy atom. The summed E-state index contributed by atoms with van der Waals surface area (Å²) in [5.41, 5.74) is 0. The Bertz CT molecular complexity index is 143. The fourth-order valence-corrected chi connectivity index (χ4v) is 1.70. The summed E-state index contributed by atoms with van der Waals surface area (Å²) >= 11 is 10.3. The van der Waals surface area contributed by atoms with Gasteiger partial charge in [-0.15, -0.1) is 0 Å². The lowest BCUT2D eigenvalue weighted by Crippen LogP contribution is -2.11. The van der Waals surface area contributed by atoms with Crippen molar-refractivity contribution in [1.29, 1.82) is 0 Å². The molecule has 0 aromatic heterocycles. The van der Waals surface area contributed by atoms with Crippen LogP contribution in [0.2, 0.25) is 0 Å². The number of rotatable bonds is 3. The van der Waals surface area contributed by atoms with Crippen molar-refractivity contribution in [3.63, 3.8) is 0 Å². The molecule has 0 spiro atoms. The van der Waals surface area contributed by atoms with Crippen LogP contribution in [0.1, 0.15) is 20.8 Å². The largest absolute Gasteiger partial charge is 0.380 e. The highest BCUT2D eigenvalue weighted by Crippen LogP contribution is 2.58. The predicted octanol–water partition coefficient (Wildman–Crippen LogP) is 3.63. The molecule has 10 heavy (non-hydrogen) atoms. The van der Waals surface area contributed by atoms with Gasteiger partial charge in [-0.3, -0.25) is 4.57 Å². The minimum absolute atomic E-state index is 0.166. The molecule has 62 valence electrons. The van der Waals surface area contributed by atoms with E-state index in [1.54, 1.807) is 6.92 Å². The van der Waals surface area contributed by atoms with Crippen LogP contribution in [0.4, 0.5) is 0 Å². The standard InChI is InChI=1S/C5H11Cl2O2P/c1-4(2)5(3)9-10(6,7)8/h4-5H,1-3H3. The molecule has 0 saturated heterocycles. The lowest BCUT2D eigenvalue weighted by atomic mass is 10.1. The van der Waals surface area contributed by atoms with Crippen molar-refractivity contribution < 1.29 is 9.09 Å². The Balaban J connectivity index is 3.80. The number of halogens is 2. The zero-order valence-corrected chi connectivity index (χ0v) is 8.58. The first-order valence-corrected chi connectivity index (χ1v) is 6.44. The highest BCUT2D eigenvalue weighted by molar-refractivity contribution is 8.05. The van der Waals surface area contributed by atoms with Crippen LogP contribution in [0.15, 0.2) is 0 Å². The van der Waals surface area contributed by atoms with Gasteiger partial charge >= 0.3 is 6.07 Å². The lowest BCUT2D eigenvalue weighted by Gasteiger charge is -2.15. The molecule has 0 bridgehead atoms. The number of hydrogen-bond donors (Lipinski definition) is 0. The van der Waals surface area contributed by atoms with Gasteiger partial charge in [0.2, 0.25) is 0 Å². The maximum Gasteiger partial charge on any atom is 0.380 e. The van der Waals surface area contributed by atoms with E-state index in [2.05, 4.69) is 0 Å². The van der Waals surface area contributed by atoms with E-state index in [1.165, 1.54) is 0 Å². The summed E-state index contributed by atoms with van der Waals surface area (Å²) in [6.45, 7) is 5.66. The molecule has 0 N–H and O–H groups in total. The maximum atomic E-state index is 10.6. The predicted molar refractivity (Wildman–Crippen MR) is 44.7 cm³/mol. The van der Waals surface area contributed by atoms with Gasteiger partial charge < -0.3 is 4.52 Å². The fraction of sp³-hybridized carbons (Fsp3) is 1.00. The number of hydrogen-bond acceptors (Lipinski definition) is 2. The molecular weight excluding hydrogens is 194 g/mol. The van der Waals surface area contributed by atoms with Crippen molar-refractivity contribution in [2.45, 2.75) is 26.9 Å². The maximum absolute atomic E-state index is 10.6. The van der Waals surface area contributed by atoms with Gasteiger partial charge in [-0.2, -0.15) is 0 Å². The van der Waals surface area contributed by atoms with E-state index in [1.807, 2.05) is 13.8 Å². The molecular formula is C5H11Cl2O2P. The van der Waals surface area contributed by atoms with Crippen molar-refractivity contribution >= 4 is 28.6 Å². The fourth-order valence-electron chi connectivity index (χ4n) is 0.315. The summed E-state index contributed by atoms with van der Waals surface area (Å²) in [5.74, 6) is 0.269. The normalized spacial score (nSPS) is 15.8. The summed E-state index contributed by atoms with van der Waals surface area (Å²) in [7, 11) is 0. The van der Waals surface area contributed by atoms with Crippen LogP contribution in [-0.2, 0) is 9.09 Å². The van der Waals surface area contributed by atoms with Crippen molar-refractivity contribution in [3.05, 3.63) is 0 Å². The second-order valence-electron chi connectivity index (χ2n) is 2.47. The Morgan fingerprint density at radius 1 is 1.30 bits per heavy atom. The zero-order chi connectivity index (χ0) is 8.36. The molecule has 5 heteroatoms. The average Bonchev–Trinajstić information content (AvgIpc) is 1.60. The van der Waals surface area contributed by atoms with E-state index in [9.17, 15) is 4.57 Å². The molecule has 0 aromatic rings. The summed E-state index contributed by atoms with van der Waals surface area (Å²) in [4.78, 5) is 0. The highest BCUT2D eigenvalue weighted by Gasteiger charge is 2.20. The van der Waals surface area contributed by atoms with Crippen LogP contribution in [0.5, 0.6) is 0 Å². The Morgan fingerprint density at radius 2 is 1.70 bits per heavy atom. The lowest BCUT2D eigenvalue weighted by molar-refractivity contribution is 0.184. The molecule has 0 saturated carbocycles. The molecule has 0 aliphatic rings. The second-order valence-corrected chi connectivity index (χ2v) is 6.70. The van der Waals surface area contributed by atoms with E-state index in [0.717, 1.165) is 0 Å². The SMILES string of the molecule is CC(C)C(C)OP(=O)(Cl)Cl. The minimum atomic E-state index is -3.33. The molecule has 0 aromatic carbocycles. The van der Waals surface area contributed by atoms with Crippen molar-refractivity contribution in [2.24, 2.45) is 5.92 Å². The van der Waals surface area contributed by atoms with Gasteiger partial charge in [0, 0.05) is 0 Å². The van der Waals surface area contributed by atoms with E-state index >= 15 is 0 Å². The molecule has 1 unspecified atom stereocenters. The Hall–Kier alpha value is 0.770. The van der Waals surface area contributed by atoms with Crippen LogP contribution in [0.25, 0.3) is 0 Å². The summed E-state index contributed by atoms with van der Waals surface area (Å²) in [6.07, 6.45) is -3.50. The zero-order valence-electron chi connectivity index (χ0n) is 6.17. The molecule has 0 fully saturated rings. The first-order chi connectivity index (χ1) is 4.33. The van der Waals surface area contributed by atoms with E-state index < -0.39 is 6.07 Å². The van der Waals surface area contributed by atoms with Crippen LogP contribution >= 0.6 is 28.6 Å². The second kappa shape index (κ2) is 3.96. The smallest absolute Gasteiger partial charge is 0.303 e. The van der Waals surface area contributed by atoms with E-state index in [0.29, 0.717) is 0 Å². The molecule has 0 rings (SSSR count). The van der Waals surface area contributed by atoms with Gasteiger partial charge in [0.15, 0.2) is 0 Å². The quantitative estimate of drug-likeness (QED) is 0.657. The molecule has 0 amide bonds.